The third-order valence-corrected chi connectivity index (χ3v) is 8.04. The molecule has 0 heteroatoms. The van der Waals surface area contributed by atoms with Crippen molar-refractivity contribution in [2.45, 2.75) is 19.3 Å². The summed E-state index contributed by atoms with van der Waals surface area (Å²) in [5.74, 6) is 0. The molecule has 0 aliphatic heterocycles. The SMILES string of the molecule is Cc1cccc2c(C3(c4cccc5c(C)cccc45)c4ccccc4-c4ccccc43)cccc12. The summed E-state index contributed by atoms with van der Waals surface area (Å²) in [5, 5.41) is 5.29. The highest BCUT2D eigenvalue weighted by Crippen LogP contribution is 2.58. The van der Waals surface area contributed by atoms with Gasteiger partial charge in [0, 0.05) is 0 Å². The van der Waals surface area contributed by atoms with Crippen LogP contribution in [0.1, 0.15) is 33.4 Å². The van der Waals surface area contributed by atoms with Gasteiger partial charge in [-0.1, -0.05) is 121 Å². The minimum absolute atomic E-state index is 0.409. The van der Waals surface area contributed by atoms with E-state index >= 15 is 0 Å². The Labute approximate surface area is 206 Å². The highest BCUT2D eigenvalue weighted by atomic mass is 14.5. The van der Waals surface area contributed by atoms with E-state index in [-0.39, 0.29) is 0 Å². The van der Waals surface area contributed by atoms with Gasteiger partial charge in [0.15, 0.2) is 0 Å². The lowest BCUT2D eigenvalue weighted by atomic mass is 9.65. The highest BCUT2D eigenvalue weighted by Gasteiger charge is 2.47. The summed E-state index contributed by atoms with van der Waals surface area (Å²) in [6.45, 7) is 4.44. The van der Waals surface area contributed by atoms with Crippen molar-refractivity contribution < 1.29 is 0 Å². The lowest BCUT2D eigenvalue weighted by Crippen LogP contribution is -2.29. The molecule has 1 aliphatic rings. The Hall–Kier alpha value is -4.16. The maximum atomic E-state index is 2.36. The Morgan fingerprint density at radius 3 is 1.20 bits per heavy atom. The van der Waals surface area contributed by atoms with Crippen molar-refractivity contribution in [2.75, 3.05) is 0 Å². The molecule has 6 aromatic rings. The topological polar surface area (TPSA) is 0 Å². The van der Waals surface area contributed by atoms with Crippen molar-refractivity contribution >= 4 is 21.5 Å². The molecular weight excluding hydrogens is 420 g/mol. The minimum Gasteiger partial charge on any atom is -0.0619 e. The molecular formula is C35H26. The average molecular weight is 447 g/mol. The van der Waals surface area contributed by atoms with Gasteiger partial charge in [-0.3, -0.25) is 0 Å². The highest BCUT2D eigenvalue weighted by molar-refractivity contribution is 5.99. The van der Waals surface area contributed by atoms with Gasteiger partial charge in [0.2, 0.25) is 0 Å². The van der Waals surface area contributed by atoms with Gasteiger partial charge in [-0.05, 0) is 79.9 Å². The molecule has 0 aromatic heterocycles. The van der Waals surface area contributed by atoms with Crippen molar-refractivity contribution in [3.8, 4) is 11.1 Å². The molecule has 0 N–H and O–H groups in total. The average Bonchev–Trinajstić information content (AvgIpc) is 3.20. The van der Waals surface area contributed by atoms with Crippen LogP contribution in [0.25, 0.3) is 32.7 Å². The van der Waals surface area contributed by atoms with Crippen LogP contribution in [-0.2, 0) is 5.41 Å². The molecule has 35 heavy (non-hydrogen) atoms. The fourth-order valence-electron chi connectivity index (χ4n) is 6.55. The van der Waals surface area contributed by atoms with Gasteiger partial charge in [-0.25, -0.2) is 0 Å². The number of rotatable bonds is 2. The minimum atomic E-state index is -0.409. The Morgan fingerprint density at radius 1 is 0.343 bits per heavy atom. The van der Waals surface area contributed by atoms with E-state index in [1.807, 2.05) is 0 Å². The van der Waals surface area contributed by atoms with E-state index in [4.69, 9.17) is 0 Å². The van der Waals surface area contributed by atoms with E-state index in [9.17, 15) is 0 Å². The molecule has 0 saturated heterocycles. The Kier molecular flexibility index (Phi) is 4.29. The van der Waals surface area contributed by atoms with Gasteiger partial charge in [0.1, 0.15) is 0 Å². The van der Waals surface area contributed by atoms with E-state index in [2.05, 4.69) is 135 Å². The molecule has 0 nitrogen and oxygen atoms in total. The van der Waals surface area contributed by atoms with Crippen LogP contribution in [-0.4, -0.2) is 0 Å². The zero-order valence-corrected chi connectivity index (χ0v) is 20.0. The monoisotopic (exact) mass is 446 g/mol. The second kappa shape index (κ2) is 7.42. The van der Waals surface area contributed by atoms with Crippen LogP contribution in [0.2, 0.25) is 0 Å². The van der Waals surface area contributed by atoms with E-state index in [1.165, 1.54) is 66.1 Å². The largest absolute Gasteiger partial charge is 0.0725 e. The molecule has 1 aliphatic carbocycles. The molecule has 0 unspecified atom stereocenters. The molecule has 0 radical (unpaired) electrons. The van der Waals surface area contributed by atoms with Crippen molar-refractivity contribution in [1.29, 1.82) is 0 Å². The lowest BCUT2D eigenvalue weighted by molar-refractivity contribution is 0.784. The van der Waals surface area contributed by atoms with Crippen LogP contribution in [0.15, 0.2) is 121 Å². The first-order chi connectivity index (χ1) is 17.2. The number of aryl methyl sites for hydroxylation is 2. The van der Waals surface area contributed by atoms with Crippen molar-refractivity contribution in [2.24, 2.45) is 0 Å². The Bertz CT molecular complexity index is 1640. The van der Waals surface area contributed by atoms with Gasteiger partial charge >= 0.3 is 0 Å². The molecule has 0 amide bonds. The summed E-state index contributed by atoms with van der Waals surface area (Å²) in [6.07, 6.45) is 0. The third-order valence-electron chi connectivity index (χ3n) is 8.04. The summed E-state index contributed by atoms with van der Waals surface area (Å²) in [4.78, 5) is 0. The van der Waals surface area contributed by atoms with Crippen molar-refractivity contribution in [1.82, 2.24) is 0 Å². The van der Waals surface area contributed by atoms with Crippen molar-refractivity contribution in [3.05, 3.63) is 155 Å². The number of fused-ring (bicyclic) bond motifs is 5. The third kappa shape index (κ3) is 2.63. The van der Waals surface area contributed by atoms with Crippen LogP contribution in [0.5, 0.6) is 0 Å². The molecule has 0 fully saturated rings. The predicted molar refractivity (Wildman–Crippen MR) is 148 cm³/mol. The first-order valence-electron chi connectivity index (χ1n) is 12.4. The Balaban J connectivity index is 1.76. The molecule has 0 heterocycles. The Morgan fingerprint density at radius 2 is 0.714 bits per heavy atom. The number of benzene rings is 6. The summed E-state index contributed by atoms with van der Waals surface area (Å²) < 4.78 is 0. The maximum absolute atomic E-state index is 2.36. The predicted octanol–water partition coefficient (Wildman–Crippen LogP) is 8.97. The molecule has 0 bridgehead atoms. The second-order valence-electron chi connectivity index (χ2n) is 9.79. The first kappa shape index (κ1) is 20.2. The normalized spacial score (nSPS) is 13.7. The quantitative estimate of drug-likeness (QED) is 0.249. The summed E-state index contributed by atoms with van der Waals surface area (Å²) in [5.41, 5.74) is 10.3. The van der Waals surface area contributed by atoms with E-state index < -0.39 is 5.41 Å². The van der Waals surface area contributed by atoms with Crippen LogP contribution in [0.3, 0.4) is 0 Å². The molecule has 0 saturated carbocycles. The van der Waals surface area contributed by atoms with Gasteiger partial charge in [-0.2, -0.15) is 0 Å². The van der Waals surface area contributed by atoms with E-state index in [0.717, 1.165) is 0 Å². The van der Waals surface area contributed by atoms with Crippen LogP contribution >= 0.6 is 0 Å². The van der Waals surface area contributed by atoms with E-state index in [0.29, 0.717) is 0 Å². The molecule has 166 valence electrons. The van der Waals surface area contributed by atoms with Crippen LogP contribution in [0.4, 0.5) is 0 Å². The van der Waals surface area contributed by atoms with Crippen molar-refractivity contribution in [3.63, 3.8) is 0 Å². The smallest absolute Gasteiger partial charge is 0.0619 e. The fraction of sp³-hybridized carbons (Fsp3) is 0.0857. The second-order valence-corrected chi connectivity index (χ2v) is 9.79. The summed E-state index contributed by atoms with van der Waals surface area (Å²) in [7, 11) is 0. The van der Waals surface area contributed by atoms with Crippen LogP contribution in [0, 0.1) is 13.8 Å². The summed E-state index contributed by atoms with van der Waals surface area (Å²) >= 11 is 0. The fourth-order valence-corrected chi connectivity index (χ4v) is 6.55. The summed E-state index contributed by atoms with van der Waals surface area (Å²) in [6, 6.07) is 45.2. The number of hydrogen-bond acceptors (Lipinski definition) is 0. The van der Waals surface area contributed by atoms with Gasteiger partial charge in [-0.15, -0.1) is 0 Å². The van der Waals surface area contributed by atoms with E-state index in [1.54, 1.807) is 0 Å². The van der Waals surface area contributed by atoms with Gasteiger partial charge < -0.3 is 0 Å². The zero-order valence-electron chi connectivity index (χ0n) is 20.0. The van der Waals surface area contributed by atoms with Gasteiger partial charge in [0.05, 0.1) is 5.41 Å². The molecule has 7 rings (SSSR count). The molecule has 0 spiro atoms. The van der Waals surface area contributed by atoms with Gasteiger partial charge in [0.25, 0.3) is 0 Å². The molecule has 6 aromatic carbocycles. The number of hydrogen-bond donors (Lipinski definition) is 0. The lowest BCUT2D eigenvalue weighted by Gasteiger charge is -2.36. The maximum Gasteiger partial charge on any atom is 0.0725 e. The van der Waals surface area contributed by atoms with Crippen LogP contribution < -0.4 is 0 Å². The zero-order chi connectivity index (χ0) is 23.6. The molecule has 0 atom stereocenters. The standard InChI is InChI=1S/C35H26/c1-23-11-7-17-27-25(23)15-9-21-33(27)35(34-22-10-16-26-24(2)12-8-18-28(26)34)31-19-5-3-13-29(31)30-14-4-6-20-32(30)35/h3-22H,1-2H3. The first-order valence-corrected chi connectivity index (χ1v) is 12.4.